The van der Waals surface area contributed by atoms with Crippen LogP contribution in [0.2, 0.25) is 0 Å². The summed E-state index contributed by atoms with van der Waals surface area (Å²) in [5.74, 6) is 1.42. The SMILES string of the molecule is CCc1nc(-n2ccc3nc4nc(C)nn4c(-c4ccc(F)cc4)c3c2=O)n[nH]1. The number of aryl methyl sites for hydroxylation is 2. The maximum Gasteiger partial charge on any atom is 0.269 e. The van der Waals surface area contributed by atoms with E-state index >= 15 is 0 Å². The van der Waals surface area contributed by atoms with Gasteiger partial charge in [-0.3, -0.25) is 9.89 Å². The van der Waals surface area contributed by atoms with Gasteiger partial charge >= 0.3 is 0 Å². The molecule has 0 radical (unpaired) electrons. The first kappa shape index (κ1) is 17.2. The third kappa shape index (κ3) is 2.68. The van der Waals surface area contributed by atoms with Crippen LogP contribution in [0, 0.1) is 12.7 Å². The third-order valence-corrected chi connectivity index (χ3v) is 4.62. The summed E-state index contributed by atoms with van der Waals surface area (Å²) in [4.78, 5) is 26.6. The van der Waals surface area contributed by atoms with Crippen LogP contribution in [0.1, 0.15) is 18.6 Å². The van der Waals surface area contributed by atoms with E-state index in [0.717, 1.165) is 0 Å². The van der Waals surface area contributed by atoms with Crippen molar-refractivity contribution in [3.8, 4) is 17.2 Å². The summed E-state index contributed by atoms with van der Waals surface area (Å²) in [6.45, 7) is 3.68. The molecule has 29 heavy (non-hydrogen) atoms. The lowest BCUT2D eigenvalue weighted by Crippen LogP contribution is -2.21. The number of pyridine rings is 1. The lowest BCUT2D eigenvalue weighted by Gasteiger charge is -2.10. The van der Waals surface area contributed by atoms with Crippen molar-refractivity contribution in [1.82, 2.24) is 39.3 Å². The molecule has 0 atom stereocenters. The van der Waals surface area contributed by atoms with E-state index in [-0.39, 0.29) is 17.3 Å². The zero-order valence-electron chi connectivity index (χ0n) is 15.6. The van der Waals surface area contributed by atoms with Crippen LogP contribution in [0.4, 0.5) is 4.39 Å². The number of rotatable bonds is 3. The van der Waals surface area contributed by atoms with Crippen LogP contribution in [0.15, 0.2) is 41.3 Å². The van der Waals surface area contributed by atoms with E-state index in [1.807, 2.05) is 6.92 Å². The van der Waals surface area contributed by atoms with Gasteiger partial charge in [0.15, 0.2) is 0 Å². The normalized spacial score (nSPS) is 11.6. The minimum absolute atomic E-state index is 0.244. The van der Waals surface area contributed by atoms with E-state index in [1.165, 1.54) is 21.2 Å². The fraction of sp³-hybridized carbons (Fsp3) is 0.158. The number of H-pyrrole nitrogens is 1. The molecule has 1 aromatic carbocycles. The van der Waals surface area contributed by atoms with Gasteiger partial charge in [-0.05, 0) is 37.3 Å². The monoisotopic (exact) mass is 390 g/mol. The average Bonchev–Trinajstić information content (AvgIpc) is 3.33. The number of aromatic nitrogens is 8. The second kappa shape index (κ2) is 6.30. The summed E-state index contributed by atoms with van der Waals surface area (Å²) in [6, 6.07) is 7.57. The molecular weight excluding hydrogens is 375 g/mol. The molecule has 9 nitrogen and oxygen atoms in total. The molecule has 5 aromatic rings. The Hall–Kier alpha value is -3.95. The highest BCUT2D eigenvalue weighted by molar-refractivity contribution is 5.93. The first-order chi connectivity index (χ1) is 14.0. The van der Waals surface area contributed by atoms with Gasteiger partial charge in [0.2, 0.25) is 0 Å². The van der Waals surface area contributed by atoms with Gasteiger partial charge in [0.1, 0.15) is 17.5 Å². The number of hydrogen-bond acceptors (Lipinski definition) is 6. The van der Waals surface area contributed by atoms with Crippen LogP contribution in [0.5, 0.6) is 0 Å². The largest absolute Gasteiger partial charge is 0.269 e. The lowest BCUT2D eigenvalue weighted by molar-refractivity contribution is 0.628. The lowest BCUT2D eigenvalue weighted by atomic mass is 10.1. The molecule has 10 heteroatoms. The van der Waals surface area contributed by atoms with Gasteiger partial charge in [0.25, 0.3) is 17.3 Å². The number of hydrogen-bond donors (Lipinski definition) is 1. The van der Waals surface area contributed by atoms with Crippen molar-refractivity contribution in [3.05, 3.63) is 64.3 Å². The second-order valence-electron chi connectivity index (χ2n) is 6.52. The molecule has 0 fully saturated rings. The van der Waals surface area contributed by atoms with Crippen LogP contribution in [0.25, 0.3) is 33.9 Å². The zero-order valence-corrected chi connectivity index (χ0v) is 15.6. The summed E-state index contributed by atoms with van der Waals surface area (Å²) in [5, 5.41) is 11.6. The van der Waals surface area contributed by atoms with E-state index in [1.54, 1.807) is 31.3 Å². The highest BCUT2D eigenvalue weighted by atomic mass is 19.1. The van der Waals surface area contributed by atoms with Gasteiger partial charge in [0.05, 0.1) is 16.6 Å². The molecule has 5 rings (SSSR count). The summed E-state index contributed by atoms with van der Waals surface area (Å²) in [7, 11) is 0. The summed E-state index contributed by atoms with van der Waals surface area (Å²) in [6.07, 6.45) is 2.24. The van der Waals surface area contributed by atoms with Gasteiger partial charge in [-0.1, -0.05) is 6.92 Å². The van der Waals surface area contributed by atoms with E-state index in [2.05, 4.69) is 30.2 Å². The van der Waals surface area contributed by atoms with Crippen LogP contribution >= 0.6 is 0 Å². The molecule has 0 amide bonds. The minimum atomic E-state index is -0.372. The number of benzene rings is 1. The minimum Gasteiger partial charge on any atom is -0.268 e. The Balaban J connectivity index is 1.90. The predicted octanol–water partition coefficient (Wildman–Crippen LogP) is 2.22. The molecule has 0 spiro atoms. The Bertz CT molecular complexity index is 1430. The van der Waals surface area contributed by atoms with Crippen molar-refractivity contribution >= 4 is 16.7 Å². The van der Waals surface area contributed by atoms with E-state index in [4.69, 9.17) is 0 Å². The van der Waals surface area contributed by atoms with Crippen molar-refractivity contribution in [3.63, 3.8) is 0 Å². The van der Waals surface area contributed by atoms with Crippen LogP contribution in [0.3, 0.4) is 0 Å². The first-order valence-corrected chi connectivity index (χ1v) is 9.01. The Morgan fingerprint density at radius 1 is 1.10 bits per heavy atom. The van der Waals surface area contributed by atoms with E-state index in [0.29, 0.717) is 46.0 Å². The van der Waals surface area contributed by atoms with Crippen molar-refractivity contribution < 1.29 is 4.39 Å². The predicted molar refractivity (Wildman–Crippen MR) is 103 cm³/mol. The van der Waals surface area contributed by atoms with Gasteiger partial charge in [-0.2, -0.15) is 14.5 Å². The zero-order chi connectivity index (χ0) is 20.1. The van der Waals surface area contributed by atoms with Gasteiger partial charge in [-0.15, -0.1) is 10.2 Å². The molecule has 1 N–H and O–H groups in total. The Morgan fingerprint density at radius 3 is 2.62 bits per heavy atom. The fourth-order valence-electron chi connectivity index (χ4n) is 3.26. The smallest absolute Gasteiger partial charge is 0.268 e. The van der Waals surface area contributed by atoms with Crippen LogP contribution in [-0.2, 0) is 6.42 Å². The average molecular weight is 390 g/mol. The number of aromatic amines is 1. The van der Waals surface area contributed by atoms with Crippen LogP contribution < -0.4 is 5.56 Å². The molecule has 0 saturated heterocycles. The van der Waals surface area contributed by atoms with Gasteiger partial charge in [0, 0.05) is 18.2 Å². The second-order valence-corrected chi connectivity index (χ2v) is 6.52. The molecule has 0 saturated carbocycles. The molecule has 0 aliphatic heterocycles. The quantitative estimate of drug-likeness (QED) is 0.506. The summed E-state index contributed by atoms with van der Waals surface area (Å²) in [5.41, 5.74) is 1.20. The van der Waals surface area contributed by atoms with E-state index in [9.17, 15) is 9.18 Å². The molecule has 144 valence electrons. The Labute approximate surface area is 162 Å². The topological polar surface area (TPSA) is 107 Å². The van der Waals surface area contributed by atoms with Crippen molar-refractivity contribution in [2.75, 3.05) is 0 Å². The number of nitrogens with zero attached hydrogens (tertiary/aromatic N) is 7. The Morgan fingerprint density at radius 2 is 1.90 bits per heavy atom. The highest BCUT2D eigenvalue weighted by Gasteiger charge is 2.19. The summed E-state index contributed by atoms with van der Waals surface area (Å²) < 4.78 is 16.4. The van der Waals surface area contributed by atoms with Crippen molar-refractivity contribution in [1.29, 1.82) is 0 Å². The van der Waals surface area contributed by atoms with Crippen molar-refractivity contribution in [2.45, 2.75) is 20.3 Å². The molecule has 0 bridgehead atoms. The fourth-order valence-corrected chi connectivity index (χ4v) is 3.26. The summed E-state index contributed by atoms with van der Waals surface area (Å²) >= 11 is 0. The highest BCUT2D eigenvalue weighted by Crippen LogP contribution is 2.26. The van der Waals surface area contributed by atoms with Crippen molar-refractivity contribution in [2.24, 2.45) is 0 Å². The standard InChI is InChI=1S/C19H15FN8O/c1-3-14-23-19(25-24-14)27-9-8-13-15(17(27)29)16(11-4-6-12(20)7-5-11)28-18(22-13)21-10(2)26-28/h4-9H,3H2,1-2H3,(H,23,24,25). The molecule has 4 aromatic heterocycles. The first-order valence-electron chi connectivity index (χ1n) is 9.01. The van der Waals surface area contributed by atoms with Gasteiger partial charge < -0.3 is 0 Å². The number of nitrogens with one attached hydrogen (secondary N) is 1. The molecule has 0 unspecified atom stereocenters. The molecular formula is C19H15FN8O. The molecule has 0 aliphatic rings. The Kier molecular flexibility index (Phi) is 3.73. The van der Waals surface area contributed by atoms with E-state index < -0.39 is 0 Å². The number of fused-ring (bicyclic) bond motifs is 2. The van der Waals surface area contributed by atoms with Crippen LogP contribution in [-0.4, -0.2) is 39.3 Å². The third-order valence-electron chi connectivity index (χ3n) is 4.62. The number of halogens is 1. The maximum atomic E-state index is 13.5. The maximum absolute atomic E-state index is 13.5. The molecule has 4 heterocycles. The van der Waals surface area contributed by atoms with Gasteiger partial charge in [-0.25, -0.2) is 13.9 Å². The molecule has 0 aliphatic carbocycles.